The highest BCUT2D eigenvalue weighted by Gasteiger charge is 2.33. The number of halogens is 1. The molecule has 94 valence electrons. The number of rotatable bonds is 2. The molecule has 0 saturated carbocycles. The fourth-order valence-corrected chi connectivity index (χ4v) is 2.42. The number of hydrogen-bond acceptors (Lipinski definition) is 3. The third kappa shape index (κ3) is 2.73. The van der Waals surface area contributed by atoms with Gasteiger partial charge in [0.15, 0.2) is 0 Å². The number of ether oxygens (including phenoxy) is 2. The van der Waals surface area contributed by atoms with E-state index >= 15 is 0 Å². The number of aliphatic hydroxyl groups is 1. The highest BCUT2D eigenvalue weighted by Crippen LogP contribution is 2.38. The lowest BCUT2D eigenvalue weighted by Gasteiger charge is -2.28. The van der Waals surface area contributed by atoms with Crippen LogP contribution in [-0.4, -0.2) is 25.4 Å². The second-order valence-electron chi connectivity index (χ2n) is 4.34. The minimum absolute atomic E-state index is 0.562. The van der Waals surface area contributed by atoms with Crippen LogP contribution in [0.15, 0.2) is 18.2 Å². The summed E-state index contributed by atoms with van der Waals surface area (Å²) < 4.78 is 10.7. The van der Waals surface area contributed by atoms with Gasteiger partial charge in [-0.05, 0) is 31.0 Å². The lowest BCUT2D eigenvalue weighted by molar-refractivity contribution is 0.0124. The molecule has 17 heavy (non-hydrogen) atoms. The highest BCUT2D eigenvalue weighted by atomic mass is 35.5. The first-order valence-electron chi connectivity index (χ1n) is 5.80. The molecule has 1 N–H and O–H groups in total. The topological polar surface area (TPSA) is 38.7 Å². The standard InChI is InChI=1S/C13H17ClO3/c1-16-12-4-3-10(14)9-11(12)13(15)5-2-7-17-8-6-13/h3-4,9,15H,2,5-8H2,1H3. The Bertz CT molecular complexity index is 384. The van der Waals surface area contributed by atoms with E-state index in [2.05, 4.69) is 0 Å². The molecule has 0 spiro atoms. The van der Waals surface area contributed by atoms with Crippen LogP contribution >= 0.6 is 11.6 Å². The van der Waals surface area contributed by atoms with Gasteiger partial charge in [0.2, 0.25) is 0 Å². The third-order valence-corrected chi connectivity index (χ3v) is 3.44. The van der Waals surface area contributed by atoms with Gasteiger partial charge in [-0.15, -0.1) is 0 Å². The Morgan fingerprint density at radius 1 is 1.35 bits per heavy atom. The van der Waals surface area contributed by atoms with Crippen LogP contribution in [0.3, 0.4) is 0 Å². The van der Waals surface area contributed by atoms with Gasteiger partial charge in [-0.25, -0.2) is 0 Å². The molecule has 1 heterocycles. The minimum Gasteiger partial charge on any atom is -0.496 e. The molecule has 2 rings (SSSR count). The van der Waals surface area contributed by atoms with E-state index in [4.69, 9.17) is 21.1 Å². The van der Waals surface area contributed by atoms with Gasteiger partial charge in [0, 0.05) is 30.2 Å². The van der Waals surface area contributed by atoms with Crippen molar-refractivity contribution in [2.24, 2.45) is 0 Å². The molecule has 1 aromatic carbocycles. The molecule has 1 saturated heterocycles. The Morgan fingerprint density at radius 2 is 2.18 bits per heavy atom. The van der Waals surface area contributed by atoms with Crippen LogP contribution in [-0.2, 0) is 10.3 Å². The maximum Gasteiger partial charge on any atom is 0.125 e. The van der Waals surface area contributed by atoms with Gasteiger partial charge in [0.25, 0.3) is 0 Å². The number of methoxy groups -OCH3 is 1. The van der Waals surface area contributed by atoms with Crippen molar-refractivity contribution in [1.82, 2.24) is 0 Å². The number of benzene rings is 1. The molecule has 0 bridgehead atoms. The van der Waals surface area contributed by atoms with Gasteiger partial charge in [-0.2, -0.15) is 0 Å². The molecular weight excluding hydrogens is 240 g/mol. The van der Waals surface area contributed by atoms with Crippen LogP contribution in [0.4, 0.5) is 0 Å². The summed E-state index contributed by atoms with van der Waals surface area (Å²) in [6.07, 6.45) is 2.08. The van der Waals surface area contributed by atoms with Gasteiger partial charge in [0.1, 0.15) is 5.75 Å². The predicted octanol–water partition coefficient (Wildman–Crippen LogP) is 2.74. The molecule has 1 unspecified atom stereocenters. The average molecular weight is 257 g/mol. The SMILES string of the molecule is COc1ccc(Cl)cc1C1(O)CCCOCC1. The van der Waals surface area contributed by atoms with Crippen molar-refractivity contribution in [3.05, 3.63) is 28.8 Å². The zero-order valence-electron chi connectivity index (χ0n) is 9.91. The zero-order valence-corrected chi connectivity index (χ0v) is 10.7. The van der Waals surface area contributed by atoms with Crippen LogP contribution in [0.25, 0.3) is 0 Å². The second-order valence-corrected chi connectivity index (χ2v) is 4.78. The average Bonchev–Trinajstić information content (AvgIpc) is 2.55. The van der Waals surface area contributed by atoms with Gasteiger partial charge >= 0.3 is 0 Å². The van der Waals surface area contributed by atoms with Gasteiger partial charge < -0.3 is 14.6 Å². The summed E-state index contributed by atoms with van der Waals surface area (Å²) in [6, 6.07) is 5.34. The summed E-state index contributed by atoms with van der Waals surface area (Å²) in [5, 5.41) is 11.4. The van der Waals surface area contributed by atoms with Gasteiger partial charge in [0.05, 0.1) is 12.7 Å². The van der Waals surface area contributed by atoms with Crippen LogP contribution in [0.5, 0.6) is 5.75 Å². The lowest BCUT2D eigenvalue weighted by atomic mass is 9.86. The van der Waals surface area contributed by atoms with Crippen molar-refractivity contribution < 1.29 is 14.6 Å². The highest BCUT2D eigenvalue weighted by molar-refractivity contribution is 6.30. The van der Waals surface area contributed by atoms with Crippen molar-refractivity contribution in [3.8, 4) is 5.75 Å². The number of hydrogen-bond donors (Lipinski definition) is 1. The Hall–Kier alpha value is -0.770. The van der Waals surface area contributed by atoms with Crippen LogP contribution in [0.2, 0.25) is 5.02 Å². The van der Waals surface area contributed by atoms with E-state index in [0.29, 0.717) is 36.8 Å². The van der Waals surface area contributed by atoms with Gasteiger partial charge in [-0.1, -0.05) is 11.6 Å². The van der Waals surface area contributed by atoms with Crippen molar-refractivity contribution >= 4 is 11.6 Å². The zero-order chi connectivity index (χ0) is 12.3. The van der Waals surface area contributed by atoms with Crippen LogP contribution in [0.1, 0.15) is 24.8 Å². The maximum atomic E-state index is 10.7. The van der Waals surface area contributed by atoms with Crippen molar-refractivity contribution in [3.63, 3.8) is 0 Å². The smallest absolute Gasteiger partial charge is 0.125 e. The van der Waals surface area contributed by atoms with E-state index < -0.39 is 5.60 Å². The Morgan fingerprint density at radius 3 is 2.94 bits per heavy atom. The van der Waals surface area contributed by atoms with Crippen molar-refractivity contribution in [2.45, 2.75) is 24.9 Å². The van der Waals surface area contributed by atoms with Gasteiger partial charge in [-0.3, -0.25) is 0 Å². The van der Waals surface area contributed by atoms with E-state index in [1.807, 2.05) is 0 Å². The molecule has 0 radical (unpaired) electrons. The monoisotopic (exact) mass is 256 g/mol. The Labute approximate surface area is 106 Å². The molecular formula is C13H17ClO3. The maximum absolute atomic E-state index is 10.7. The third-order valence-electron chi connectivity index (χ3n) is 3.20. The normalized spacial score (nSPS) is 25.4. The van der Waals surface area contributed by atoms with Crippen LogP contribution < -0.4 is 4.74 Å². The molecule has 1 aliphatic rings. The van der Waals surface area contributed by atoms with E-state index in [0.717, 1.165) is 12.0 Å². The van der Waals surface area contributed by atoms with E-state index in [-0.39, 0.29) is 0 Å². The van der Waals surface area contributed by atoms with Crippen LogP contribution in [0, 0.1) is 0 Å². The molecule has 1 atom stereocenters. The summed E-state index contributed by atoms with van der Waals surface area (Å²) in [7, 11) is 1.60. The minimum atomic E-state index is -0.896. The summed E-state index contributed by atoms with van der Waals surface area (Å²) >= 11 is 6.00. The fraction of sp³-hybridized carbons (Fsp3) is 0.538. The quantitative estimate of drug-likeness (QED) is 0.884. The molecule has 0 amide bonds. The summed E-state index contributed by atoms with van der Waals surface area (Å²) in [4.78, 5) is 0. The first kappa shape index (κ1) is 12.7. The van der Waals surface area contributed by atoms with E-state index in [1.165, 1.54) is 0 Å². The Balaban J connectivity index is 2.38. The molecule has 1 fully saturated rings. The van der Waals surface area contributed by atoms with Crippen molar-refractivity contribution in [2.75, 3.05) is 20.3 Å². The molecule has 3 nitrogen and oxygen atoms in total. The molecule has 1 aromatic rings. The largest absolute Gasteiger partial charge is 0.496 e. The second kappa shape index (κ2) is 5.25. The first-order chi connectivity index (χ1) is 8.15. The molecule has 0 aromatic heterocycles. The van der Waals surface area contributed by atoms with E-state index in [1.54, 1.807) is 25.3 Å². The lowest BCUT2D eigenvalue weighted by Crippen LogP contribution is -2.26. The summed E-state index contributed by atoms with van der Waals surface area (Å²) in [5.41, 5.74) is -0.134. The summed E-state index contributed by atoms with van der Waals surface area (Å²) in [6.45, 7) is 1.26. The molecule has 1 aliphatic heterocycles. The fourth-order valence-electron chi connectivity index (χ4n) is 2.25. The molecule has 0 aliphatic carbocycles. The predicted molar refractivity (Wildman–Crippen MR) is 66.6 cm³/mol. The summed E-state index contributed by atoms with van der Waals surface area (Å²) in [5.74, 6) is 0.679. The first-order valence-corrected chi connectivity index (χ1v) is 6.18. The van der Waals surface area contributed by atoms with Crippen molar-refractivity contribution in [1.29, 1.82) is 0 Å². The molecule has 4 heteroatoms. The Kier molecular flexibility index (Phi) is 3.92. The van der Waals surface area contributed by atoms with E-state index in [9.17, 15) is 5.11 Å².